The summed E-state index contributed by atoms with van der Waals surface area (Å²) in [5, 5.41) is 4.90. The molecule has 0 N–H and O–H groups in total. The molecule has 0 radical (unpaired) electrons. The second-order valence-electron chi connectivity index (χ2n) is 10.1. The zero-order valence-corrected chi connectivity index (χ0v) is 21.6. The molecule has 2 aromatic heterocycles. The molecule has 3 nitrogen and oxygen atoms in total. The SMILES string of the molecule is [C-]#[N+]c1ccccc1-c1cc(-n2c3ccccc3c3ccccc32)cc(-n2c3ccccc3c3ccccc32)c1. The van der Waals surface area contributed by atoms with Crippen molar-refractivity contribution in [1.29, 1.82) is 0 Å². The van der Waals surface area contributed by atoms with Gasteiger partial charge in [-0.25, -0.2) is 4.85 Å². The predicted octanol–water partition coefficient (Wildman–Crippen LogP) is 10.1. The molecule has 8 aromatic rings. The van der Waals surface area contributed by atoms with E-state index in [2.05, 4.69) is 129 Å². The summed E-state index contributed by atoms with van der Waals surface area (Å²) in [5.41, 5.74) is 9.36. The van der Waals surface area contributed by atoms with Gasteiger partial charge in [0.25, 0.3) is 0 Å². The Hall–Kier alpha value is -5.59. The maximum Gasteiger partial charge on any atom is 0.194 e. The summed E-state index contributed by atoms with van der Waals surface area (Å²) >= 11 is 0. The number of rotatable bonds is 3. The van der Waals surface area contributed by atoms with Crippen LogP contribution in [-0.2, 0) is 0 Å². The van der Waals surface area contributed by atoms with Gasteiger partial charge < -0.3 is 9.13 Å². The topological polar surface area (TPSA) is 14.2 Å². The van der Waals surface area contributed by atoms with Crippen LogP contribution in [0.3, 0.4) is 0 Å². The first-order valence-electron chi connectivity index (χ1n) is 13.4. The molecule has 40 heavy (non-hydrogen) atoms. The number of hydrogen-bond donors (Lipinski definition) is 0. The van der Waals surface area contributed by atoms with E-state index in [1.165, 1.54) is 21.5 Å². The van der Waals surface area contributed by atoms with Gasteiger partial charge in [-0.3, -0.25) is 0 Å². The van der Waals surface area contributed by atoms with Crippen molar-refractivity contribution in [1.82, 2.24) is 9.13 Å². The van der Waals surface area contributed by atoms with Crippen LogP contribution < -0.4 is 0 Å². The fourth-order valence-electron chi connectivity index (χ4n) is 6.23. The van der Waals surface area contributed by atoms with Crippen LogP contribution in [0.15, 0.2) is 140 Å². The average Bonchev–Trinajstić information content (AvgIpc) is 3.54. The fourth-order valence-corrected chi connectivity index (χ4v) is 6.23. The molecule has 0 aliphatic heterocycles. The second kappa shape index (κ2) is 8.73. The van der Waals surface area contributed by atoms with Crippen LogP contribution in [0, 0.1) is 6.57 Å². The van der Waals surface area contributed by atoms with Crippen LogP contribution in [0.2, 0.25) is 0 Å². The molecule has 8 rings (SSSR count). The van der Waals surface area contributed by atoms with Crippen molar-refractivity contribution in [2.75, 3.05) is 0 Å². The number of para-hydroxylation sites is 5. The molecule has 2 heterocycles. The third kappa shape index (κ3) is 3.24. The standard InChI is InChI=1S/C37H23N3/c1-38-33-17-7-2-12-28(33)25-22-26(39-34-18-8-3-13-29(34)30-14-4-9-19-35(30)39)24-27(23-25)40-36-20-10-5-15-31(36)32-16-6-11-21-37(32)40/h2-24H. The highest BCUT2D eigenvalue weighted by Gasteiger charge is 2.17. The van der Waals surface area contributed by atoms with Gasteiger partial charge in [0.05, 0.1) is 28.6 Å². The van der Waals surface area contributed by atoms with Gasteiger partial charge in [0, 0.05) is 32.9 Å². The van der Waals surface area contributed by atoms with Crippen molar-refractivity contribution in [3.63, 3.8) is 0 Å². The van der Waals surface area contributed by atoms with Crippen molar-refractivity contribution >= 4 is 49.3 Å². The van der Waals surface area contributed by atoms with Crippen LogP contribution in [-0.4, -0.2) is 9.13 Å². The van der Waals surface area contributed by atoms with Crippen molar-refractivity contribution in [3.05, 3.63) is 151 Å². The molecule has 0 amide bonds. The van der Waals surface area contributed by atoms with Gasteiger partial charge >= 0.3 is 0 Å². The Morgan fingerprint density at radius 3 is 1.23 bits per heavy atom. The number of fused-ring (bicyclic) bond motifs is 6. The normalized spacial score (nSPS) is 11.5. The van der Waals surface area contributed by atoms with Crippen molar-refractivity contribution < 1.29 is 0 Å². The first kappa shape index (κ1) is 22.4. The van der Waals surface area contributed by atoms with Crippen molar-refractivity contribution in [2.24, 2.45) is 0 Å². The molecule has 186 valence electrons. The predicted molar refractivity (Wildman–Crippen MR) is 167 cm³/mol. The van der Waals surface area contributed by atoms with Gasteiger partial charge in [-0.15, -0.1) is 0 Å². The third-order valence-corrected chi connectivity index (χ3v) is 7.91. The highest BCUT2D eigenvalue weighted by molar-refractivity contribution is 6.10. The van der Waals surface area contributed by atoms with Gasteiger partial charge in [0.2, 0.25) is 0 Å². The summed E-state index contributed by atoms with van der Waals surface area (Å²) in [4.78, 5) is 3.87. The van der Waals surface area contributed by atoms with E-state index in [0.29, 0.717) is 5.69 Å². The van der Waals surface area contributed by atoms with E-state index < -0.39 is 0 Å². The van der Waals surface area contributed by atoms with E-state index in [4.69, 9.17) is 6.57 Å². The molecule has 0 bridgehead atoms. The zero-order valence-electron chi connectivity index (χ0n) is 21.6. The number of benzene rings is 6. The molecular formula is C37H23N3. The molecule has 0 aliphatic rings. The minimum Gasteiger partial charge on any atom is -0.309 e. The zero-order chi connectivity index (χ0) is 26.6. The molecule has 0 saturated heterocycles. The maximum atomic E-state index is 7.87. The molecule has 0 atom stereocenters. The Kier molecular flexibility index (Phi) is 4.89. The summed E-state index contributed by atoms with van der Waals surface area (Å²) in [6, 6.07) is 49.0. The summed E-state index contributed by atoms with van der Waals surface area (Å²) < 4.78 is 4.71. The summed E-state index contributed by atoms with van der Waals surface area (Å²) in [6.45, 7) is 7.87. The van der Waals surface area contributed by atoms with Crippen molar-refractivity contribution in [2.45, 2.75) is 0 Å². The van der Waals surface area contributed by atoms with Gasteiger partial charge in [-0.05, 0) is 53.6 Å². The number of aromatic nitrogens is 2. The molecule has 0 saturated carbocycles. The quantitative estimate of drug-likeness (QED) is 0.210. The molecule has 6 aromatic carbocycles. The van der Waals surface area contributed by atoms with Gasteiger partial charge in [-0.2, -0.15) is 0 Å². The van der Waals surface area contributed by atoms with Crippen LogP contribution in [0.4, 0.5) is 5.69 Å². The van der Waals surface area contributed by atoms with Crippen LogP contribution in [0.25, 0.3) is 71.0 Å². The smallest absolute Gasteiger partial charge is 0.194 e. The van der Waals surface area contributed by atoms with Crippen LogP contribution >= 0.6 is 0 Å². The van der Waals surface area contributed by atoms with Crippen LogP contribution in [0.1, 0.15) is 0 Å². The summed E-state index contributed by atoms with van der Waals surface area (Å²) in [5.74, 6) is 0. The fraction of sp³-hybridized carbons (Fsp3) is 0. The molecule has 0 aliphatic carbocycles. The Morgan fingerprint density at radius 1 is 0.425 bits per heavy atom. The van der Waals surface area contributed by atoms with E-state index in [0.717, 1.165) is 44.6 Å². The first-order valence-corrected chi connectivity index (χ1v) is 13.4. The van der Waals surface area contributed by atoms with E-state index in [-0.39, 0.29) is 0 Å². The minimum absolute atomic E-state index is 0.648. The lowest BCUT2D eigenvalue weighted by molar-refractivity contribution is 1.13. The number of hydrogen-bond acceptors (Lipinski definition) is 0. The lowest BCUT2D eigenvalue weighted by atomic mass is 10.0. The highest BCUT2D eigenvalue weighted by atomic mass is 15.0. The van der Waals surface area contributed by atoms with Gasteiger partial charge in [0.1, 0.15) is 0 Å². The largest absolute Gasteiger partial charge is 0.309 e. The minimum atomic E-state index is 0.648. The Bertz CT molecular complexity index is 2050. The first-order chi connectivity index (χ1) is 19.8. The Balaban J connectivity index is 1.52. The second-order valence-corrected chi connectivity index (χ2v) is 10.1. The van der Waals surface area contributed by atoms with E-state index in [1.54, 1.807) is 0 Å². The molecular weight excluding hydrogens is 486 g/mol. The van der Waals surface area contributed by atoms with Crippen LogP contribution in [0.5, 0.6) is 0 Å². The van der Waals surface area contributed by atoms with E-state index in [9.17, 15) is 0 Å². The summed E-state index contributed by atoms with van der Waals surface area (Å²) in [6.07, 6.45) is 0. The van der Waals surface area contributed by atoms with E-state index in [1.807, 2.05) is 24.3 Å². The monoisotopic (exact) mass is 509 g/mol. The average molecular weight is 510 g/mol. The Morgan fingerprint density at radius 2 is 0.800 bits per heavy atom. The van der Waals surface area contributed by atoms with Gasteiger partial charge in [-0.1, -0.05) is 97.1 Å². The number of nitrogens with zero attached hydrogens (tertiary/aromatic N) is 3. The lowest BCUT2D eigenvalue weighted by Gasteiger charge is -2.16. The summed E-state index contributed by atoms with van der Waals surface area (Å²) in [7, 11) is 0. The maximum absolute atomic E-state index is 7.87. The Labute approximate surface area is 231 Å². The van der Waals surface area contributed by atoms with Gasteiger partial charge in [0.15, 0.2) is 5.69 Å². The third-order valence-electron chi connectivity index (χ3n) is 7.91. The molecule has 0 fully saturated rings. The highest BCUT2D eigenvalue weighted by Crippen LogP contribution is 2.39. The van der Waals surface area contributed by atoms with Crippen molar-refractivity contribution in [3.8, 4) is 22.5 Å². The lowest BCUT2D eigenvalue weighted by Crippen LogP contribution is -2.00. The molecule has 0 spiro atoms. The molecule has 0 unspecified atom stereocenters. The van der Waals surface area contributed by atoms with E-state index >= 15 is 0 Å². The molecule has 3 heteroatoms.